The van der Waals surface area contributed by atoms with Crippen LogP contribution in [0, 0.1) is 0 Å². The Bertz CT molecular complexity index is 782. The molecule has 5 nitrogen and oxygen atoms in total. The van der Waals surface area contributed by atoms with Gasteiger partial charge in [-0.15, -0.1) is 0 Å². The van der Waals surface area contributed by atoms with E-state index in [-0.39, 0.29) is 13.0 Å². The molecule has 0 radical (unpaired) electrons. The van der Waals surface area contributed by atoms with Crippen molar-refractivity contribution in [1.29, 1.82) is 0 Å². The highest BCUT2D eigenvalue weighted by Gasteiger charge is 2.32. The quantitative estimate of drug-likeness (QED) is 0.649. The molecule has 0 amide bonds. The number of aryl methyl sites for hydroxylation is 2. The predicted octanol–water partition coefficient (Wildman–Crippen LogP) is 2.31. The standard InChI is InChI=1S/C13H15F3N2O3S/c1-2-12-17-10-8-9(13(14,15)16)4-5-11(10)18(12)6-3-7-22(19,20)21/h4-5,8H,2-3,6-7H2,1H3,(H,19,20,21)/p+1. The largest absolute Gasteiger partial charge is 0.416 e. The molecule has 0 aliphatic rings. The number of aromatic amines is 1. The zero-order chi connectivity index (χ0) is 16.5. The van der Waals surface area contributed by atoms with Crippen LogP contribution in [-0.2, 0) is 29.3 Å². The van der Waals surface area contributed by atoms with Gasteiger partial charge in [0.05, 0.1) is 17.9 Å². The number of alkyl halides is 3. The predicted molar refractivity (Wildman–Crippen MR) is 73.9 cm³/mol. The van der Waals surface area contributed by atoms with Gasteiger partial charge in [-0.1, -0.05) is 6.92 Å². The molecule has 1 aromatic heterocycles. The average molecular weight is 337 g/mol. The monoisotopic (exact) mass is 337 g/mol. The van der Waals surface area contributed by atoms with Crippen molar-refractivity contribution < 1.29 is 30.7 Å². The maximum absolute atomic E-state index is 12.7. The molecule has 0 aliphatic carbocycles. The number of benzene rings is 1. The highest BCUT2D eigenvalue weighted by atomic mass is 32.2. The van der Waals surface area contributed by atoms with E-state index >= 15 is 0 Å². The molecule has 0 fully saturated rings. The maximum Gasteiger partial charge on any atom is 0.416 e. The number of nitrogens with one attached hydrogen (secondary N) is 1. The highest BCUT2D eigenvalue weighted by Crippen LogP contribution is 2.30. The minimum absolute atomic E-state index is 0.171. The lowest BCUT2D eigenvalue weighted by atomic mass is 10.2. The fourth-order valence-corrected chi connectivity index (χ4v) is 2.85. The normalized spacial score (nSPS) is 13.0. The summed E-state index contributed by atoms with van der Waals surface area (Å²) < 4.78 is 70.1. The first-order valence-electron chi connectivity index (χ1n) is 6.68. The van der Waals surface area contributed by atoms with E-state index in [9.17, 15) is 21.6 Å². The van der Waals surface area contributed by atoms with Gasteiger partial charge in [-0.2, -0.15) is 21.6 Å². The molecule has 1 heterocycles. The first kappa shape index (κ1) is 16.8. The summed E-state index contributed by atoms with van der Waals surface area (Å²) in [6, 6.07) is 3.39. The minimum Gasteiger partial charge on any atom is -0.286 e. The van der Waals surface area contributed by atoms with Crippen molar-refractivity contribution in [2.45, 2.75) is 32.5 Å². The number of H-pyrrole nitrogens is 1. The second kappa shape index (κ2) is 5.88. The Morgan fingerprint density at radius 1 is 1.32 bits per heavy atom. The number of hydrogen-bond acceptors (Lipinski definition) is 2. The van der Waals surface area contributed by atoms with Crippen LogP contribution in [0.15, 0.2) is 18.2 Å². The number of imidazole rings is 1. The summed E-state index contributed by atoms with van der Waals surface area (Å²) in [5, 5.41) is 0. The van der Waals surface area contributed by atoms with Crippen molar-refractivity contribution in [2.24, 2.45) is 0 Å². The molecule has 2 rings (SSSR count). The Hall–Kier alpha value is -1.61. The molecule has 0 atom stereocenters. The van der Waals surface area contributed by atoms with Crippen LogP contribution in [-0.4, -0.2) is 23.7 Å². The number of rotatable bonds is 5. The van der Waals surface area contributed by atoms with Gasteiger partial charge in [0.15, 0.2) is 11.0 Å². The molecule has 0 aliphatic heterocycles. The number of nitrogens with zero attached hydrogens (tertiary/aromatic N) is 1. The third-order valence-electron chi connectivity index (χ3n) is 3.34. The summed E-state index contributed by atoms with van der Waals surface area (Å²) >= 11 is 0. The second-order valence-corrected chi connectivity index (χ2v) is 6.52. The molecule has 2 N–H and O–H groups in total. The molecule has 22 heavy (non-hydrogen) atoms. The fraction of sp³-hybridized carbons (Fsp3) is 0.462. The Balaban J connectivity index is 2.36. The lowest BCUT2D eigenvalue weighted by molar-refractivity contribution is -0.678. The Morgan fingerprint density at radius 2 is 2.00 bits per heavy atom. The number of aromatic nitrogens is 2. The summed E-state index contributed by atoms with van der Waals surface area (Å²) in [4.78, 5) is 2.93. The van der Waals surface area contributed by atoms with E-state index in [2.05, 4.69) is 4.98 Å². The summed E-state index contributed by atoms with van der Waals surface area (Å²) in [5.74, 6) is 0.306. The smallest absolute Gasteiger partial charge is 0.286 e. The van der Waals surface area contributed by atoms with Gasteiger partial charge >= 0.3 is 6.18 Å². The topological polar surface area (TPSA) is 74.0 Å². The second-order valence-electron chi connectivity index (χ2n) is 4.95. The van der Waals surface area contributed by atoms with E-state index in [1.807, 2.05) is 6.92 Å². The van der Waals surface area contributed by atoms with Crippen LogP contribution in [0.5, 0.6) is 0 Å². The third kappa shape index (κ3) is 3.77. The molecule has 1 aromatic carbocycles. The Kier molecular flexibility index (Phi) is 4.48. The Labute approximate surface area is 125 Å². The van der Waals surface area contributed by atoms with E-state index in [1.165, 1.54) is 6.07 Å². The van der Waals surface area contributed by atoms with Crippen molar-refractivity contribution in [3.05, 3.63) is 29.6 Å². The minimum atomic E-state index is -4.42. The summed E-state index contributed by atoms with van der Waals surface area (Å²) in [6.07, 6.45) is -3.69. The van der Waals surface area contributed by atoms with E-state index in [4.69, 9.17) is 4.55 Å². The fourth-order valence-electron chi connectivity index (χ4n) is 2.36. The van der Waals surface area contributed by atoms with Gasteiger partial charge < -0.3 is 0 Å². The van der Waals surface area contributed by atoms with E-state index < -0.39 is 27.6 Å². The van der Waals surface area contributed by atoms with Gasteiger partial charge in [-0.3, -0.25) is 4.55 Å². The first-order valence-corrected chi connectivity index (χ1v) is 8.29. The van der Waals surface area contributed by atoms with E-state index in [0.717, 1.165) is 12.1 Å². The van der Waals surface area contributed by atoms with Crippen molar-refractivity contribution >= 4 is 21.2 Å². The zero-order valence-corrected chi connectivity index (χ0v) is 12.6. The highest BCUT2D eigenvalue weighted by molar-refractivity contribution is 7.85. The van der Waals surface area contributed by atoms with Gasteiger partial charge in [-0.25, -0.2) is 9.55 Å². The van der Waals surface area contributed by atoms with Crippen LogP contribution in [0.4, 0.5) is 13.2 Å². The lowest BCUT2D eigenvalue weighted by Gasteiger charge is -2.05. The van der Waals surface area contributed by atoms with Crippen LogP contribution in [0.1, 0.15) is 24.7 Å². The molecule has 2 aromatic rings. The molecular weight excluding hydrogens is 321 g/mol. The van der Waals surface area contributed by atoms with Crippen molar-refractivity contribution in [1.82, 2.24) is 4.98 Å². The molecule has 0 unspecified atom stereocenters. The van der Waals surface area contributed by atoms with Gasteiger partial charge in [-0.05, 0) is 12.1 Å². The Morgan fingerprint density at radius 3 is 2.55 bits per heavy atom. The zero-order valence-electron chi connectivity index (χ0n) is 11.8. The summed E-state index contributed by atoms with van der Waals surface area (Å²) in [6.45, 7) is 2.13. The summed E-state index contributed by atoms with van der Waals surface area (Å²) in [5.41, 5.74) is 0.174. The van der Waals surface area contributed by atoms with Gasteiger partial charge in [0.1, 0.15) is 0 Å². The van der Waals surface area contributed by atoms with Crippen LogP contribution in [0.2, 0.25) is 0 Å². The molecule has 0 spiro atoms. The molecule has 0 saturated carbocycles. The SMILES string of the molecule is CCc1[nH]c2cc(C(F)(F)F)ccc2[n+]1CCCS(=O)(=O)O. The lowest BCUT2D eigenvalue weighted by Crippen LogP contribution is -2.37. The van der Waals surface area contributed by atoms with E-state index in [0.29, 0.717) is 23.3 Å². The van der Waals surface area contributed by atoms with Gasteiger partial charge in [0.25, 0.3) is 15.9 Å². The van der Waals surface area contributed by atoms with Crippen molar-refractivity contribution in [3.8, 4) is 0 Å². The third-order valence-corrected chi connectivity index (χ3v) is 4.14. The van der Waals surface area contributed by atoms with Gasteiger partial charge in [0.2, 0.25) is 0 Å². The summed E-state index contributed by atoms with van der Waals surface area (Å²) in [7, 11) is -4.05. The number of hydrogen-bond donors (Lipinski definition) is 2. The molecular formula is C13H16F3N2O3S+. The van der Waals surface area contributed by atoms with Crippen molar-refractivity contribution in [3.63, 3.8) is 0 Å². The van der Waals surface area contributed by atoms with Crippen LogP contribution < -0.4 is 4.57 Å². The van der Waals surface area contributed by atoms with Gasteiger partial charge in [0, 0.05) is 18.9 Å². The van der Waals surface area contributed by atoms with Crippen molar-refractivity contribution in [2.75, 3.05) is 5.75 Å². The average Bonchev–Trinajstić information content (AvgIpc) is 2.73. The molecule has 0 saturated heterocycles. The van der Waals surface area contributed by atoms with Crippen LogP contribution >= 0.6 is 0 Å². The van der Waals surface area contributed by atoms with Crippen LogP contribution in [0.25, 0.3) is 11.0 Å². The molecule has 122 valence electrons. The molecule has 9 heteroatoms. The first-order chi connectivity index (χ1) is 10.1. The molecule has 0 bridgehead atoms. The maximum atomic E-state index is 12.7. The number of halogens is 3. The number of fused-ring (bicyclic) bond motifs is 1. The van der Waals surface area contributed by atoms with Crippen LogP contribution in [0.3, 0.4) is 0 Å². The van der Waals surface area contributed by atoms with E-state index in [1.54, 1.807) is 4.57 Å².